The summed E-state index contributed by atoms with van der Waals surface area (Å²) in [6.07, 6.45) is 0.370. The SMILES string of the molecule is Cc1ccc([C@H]2CC(=O)Nc3c2c(-c2ccccc2)nn3-c2nc(C)cc(C)n2)cc1. The van der Waals surface area contributed by atoms with Crippen molar-refractivity contribution in [3.8, 4) is 17.2 Å². The summed E-state index contributed by atoms with van der Waals surface area (Å²) in [5.74, 6) is 0.967. The molecule has 0 saturated heterocycles. The fourth-order valence-corrected chi connectivity index (χ4v) is 4.19. The molecule has 0 spiro atoms. The van der Waals surface area contributed by atoms with Crippen LogP contribution in [0.1, 0.15) is 40.4 Å². The third-order valence-corrected chi connectivity index (χ3v) is 5.60. The van der Waals surface area contributed by atoms with Crippen LogP contribution in [-0.4, -0.2) is 25.7 Å². The Balaban J connectivity index is 1.78. The van der Waals surface area contributed by atoms with Gasteiger partial charge in [-0.15, -0.1) is 0 Å². The van der Waals surface area contributed by atoms with Gasteiger partial charge >= 0.3 is 0 Å². The molecule has 31 heavy (non-hydrogen) atoms. The van der Waals surface area contributed by atoms with Crippen LogP contribution < -0.4 is 5.32 Å². The van der Waals surface area contributed by atoms with Crippen molar-refractivity contribution >= 4 is 11.7 Å². The zero-order valence-electron chi connectivity index (χ0n) is 17.8. The molecule has 1 N–H and O–H groups in total. The summed E-state index contributed by atoms with van der Waals surface area (Å²) >= 11 is 0. The highest BCUT2D eigenvalue weighted by Crippen LogP contribution is 2.43. The second kappa shape index (κ2) is 7.47. The Hall–Kier alpha value is -3.80. The van der Waals surface area contributed by atoms with E-state index >= 15 is 0 Å². The Morgan fingerprint density at radius 1 is 0.935 bits per heavy atom. The average Bonchev–Trinajstić information content (AvgIpc) is 3.13. The van der Waals surface area contributed by atoms with Gasteiger partial charge in [0.1, 0.15) is 5.82 Å². The number of amides is 1. The number of fused-ring (bicyclic) bond motifs is 1. The van der Waals surface area contributed by atoms with Crippen molar-refractivity contribution in [1.29, 1.82) is 0 Å². The van der Waals surface area contributed by atoms with E-state index in [1.165, 1.54) is 5.56 Å². The fourth-order valence-electron chi connectivity index (χ4n) is 4.19. The van der Waals surface area contributed by atoms with Gasteiger partial charge in [-0.2, -0.15) is 9.78 Å². The highest BCUT2D eigenvalue weighted by atomic mass is 16.1. The summed E-state index contributed by atoms with van der Waals surface area (Å²) < 4.78 is 1.68. The van der Waals surface area contributed by atoms with Crippen molar-refractivity contribution in [3.63, 3.8) is 0 Å². The number of aromatic nitrogens is 4. The summed E-state index contributed by atoms with van der Waals surface area (Å²) in [7, 11) is 0. The highest BCUT2D eigenvalue weighted by molar-refractivity contribution is 5.96. The van der Waals surface area contributed by atoms with Gasteiger partial charge < -0.3 is 5.32 Å². The van der Waals surface area contributed by atoms with Crippen LogP contribution in [0, 0.1) is 20.8 Å². The first kappa shape index (κ1) is 19.2. The molecule has 0 unspecified atom stereocenters. The quantitative estimate of drug-likeness (QED) is 0.531. The minimum absolute atomic E-state index is 0.0387. The average molecular weight is 409 g/mol. The molecule has 5 rings (SSSR count). The molecule has 4 aromatic rings. The number of benzene rings is 2. The van der Waals surface area contributed by atoms with Crippen LogP contribution in [0.5, 0.6) is 0 Å². The first-order valence-corrected chi connectivity index (χ1v) is 10.4. The van der Waals surface area contributed by atoms with Crippen molar-refractivity contribution in [3.05, 3.63) is 88.7 Å². The van der Waals surface area contributed by atoms with Gasteiger partial charge in [0.25, 0.3) is 5.95 Å². The van der Waals surface area contributed by atoms with Gasteiger partial charge in [0.15, 0.2) is 0 Å². The van der Waals surface area contributed by atoms with E-state index in [4.69, 9.17) is 5.10 Å². The van der Waals surface area contributed by atoms with E-state index in [1.54, 1.807) is 4.68 Å². The highest BCUT2D eigenvalue weighted by Gasteiger charge is 2.34. The summed E-state index contributed by atoms with van der Waals surface area (Å²) in [4.78, 5) is 21.9. The summed E-state index contributed by atoms with van der Waals surface area (Å²) in [5.41, 5.74) is 6.82. The number of hydrogen-bond donors (Lipinski definition) is 1. The number of aryl methyl sites for hydroxylation is 3. The van der Waals surface area contributed by atoms with E-state index in [1.807, 2.05) is 50.2 Å². The maximum absolute atomic E-state index is 12.7. The molecular weight excluding hydrogens is 386 g/mol. The van der Waals surface area contributed by atoms with Gasteiger partial charge in [-0.25, -0.2) is 9.97 Å². The van der Waals surface area contributed by atoms with E-state index in [-0.39, 0.29) is 11.8 Å². The number of carbonyl (C=O) groups is 1. The van der Waals surface area contributed by atoms with Crippen molar-refractivity contribution in [2.75, 3.05) is 5.32 Å². The second-order valence-corrected chi connectivity index (χ2v) is 8.05. The normalized spacial score (nSPS) is 15.5. The minimum atomic E-state index is -0.0980. The molecule has 2 aromatic heterocycles. The van der Waals surface area contributed by atoms with Crippen LogP contribution in [-0.2, 0) is 4.79 Å². The first-order chi connectivity index (χ1) is 15.0. The lowest BCUT2D eigenvalue weighted by molar-refractivity contribution is -0.116. The van der Waals surface area contributed by atoms with Crippen LogP contribution in [0.2, 0.25) is 0 Å². The zero-order chi connectivity index (χ0) is 21.5. The predicted octanol–water partition coefficient (Wildman–Crippen LogP) is 4.73. The van der Waals surface area contributed by atoms with Crippen molar-refractivity contribution in [1.82, 2.24) is 19.7 Å². The van der Waals surface area contributed by atoms with E-state index in [2.05, 4.69) is 46.5 Å². The molecule has 0 aliphatic carbocycles. The maximum Gasteiger partial charge on any atom is 0.252 e. The van der Waals surface area contributed by atoms with Crippen LogP contribution >= 0.6 is 0 Å². The number of hydrogen-bond acceptors (Lipinski definition) is 4. The molecule has 2 aromatic carbocycles. The molecule has 1 atom stereocenters. The zero-order valence-corrected chi connectivity index (χ0v) is 17.8. The van der Waals surface area contributed by atoms with Crippen LogP contribution in [0.15, 0.2) is 60.7 Å². The lowest BCUT2D eigenvalue weighted by atomic mass is 9.84. The predicted molar refractivity (Wildman–Crippen MR) is 120 cm³/mol. The first-order valence-electron chi connectivity index (χ1n) is 10.4. The van der Waals surface area contributed by atoms with Crippen molar-refractivity contribution in [2.45, 2.75) is 33.1 Å². The van der Waals surface area contributed by atoms with E-state index in [0.29, 0.717) is 18.2 Å². The van der Waals surface area contributed by atoms with Crippen molar-refractivity contribution < 1.29 is 4.79 Å². The molecule has 1 amide bonds. The Labute approximate surface area is 181 Å². The van der Waals surface area contributed by atoms with E-state index in [9.17, 15) is 4.79 Å². The van der Waals surface area contributed by atoms with Gasteiger partial charge in [-0.3, -0.25) is 4.79 Å². The number of rotatable bonds is 3. The Kier molecular flexibility index (Phi) is 4.62. The topological polar surface area (TPSA) is 72.7 Å². The smallest absolute Gasteiger partial charge is 0.252 e. The fraction of sp³-hybridized carbons (Fsp3) is 0.200. The lowest BCUT2D eigenvalue weighted by Gasteiger charge is -2.24. The molecule has 6 nitrogen and oxygen atoms in total. The summed E-state index contributed by atoms with van der Waals surface area (Å²) in [6, 6.07) is 20.3. The molecule has 1 aliphatic rings. The molecule has 154 valence electrons. The summed E-state index contributed by atoms with van der Waals surface area (Å²) in [6.45, 7) is 5.92. The molecule has 0 saturated carbocycles. The lowest BCUT2D eigenvalue weighted by Crippen LogP contribution is -2.25. The second-order valence-electron chi connectivity index (χ2n) is 8.05. The van der Waals surface area contributed by atoms with Crippen molar-refractivity contribution in [2.24, 2.45) is 0 Å². The van der Waals surface area contributed by atoms with Gasteiger partial charge in [0.2, 0.25) is 5.91 Å². The van der Waals surface area contributed by atoms with Gasteiger partial charge in [-0.05, 0) is 32.4 Å². The third kappa shape index (κ3) is 3.50. The monoisotopic (exact) mass is 409 g/mol. The minimum Gasteiger partial charge on any atom is -0.310 e. The maximum atomic E-state index is 12.7. The van der Waals surface area contributed by atoms with E-state index < -0.39 is 0 Å². The van der Waals surface area contributed by atoms with Crippen LogP contribution in [0.3, 0.4) is 0 Å². The molecule has 0 fully saturated rings. The van der Waals surface area contributed by atoms with E-state index in [0.717, 1.165) is 33.8 Å². The Bertz CT molecular complexity index is 1260. The molecule has 0 bridgehead atoms. The Morgan fingerprint density at radius 3 is 2.29 bits per heavy atom. The molecule has 1 aliphatic heterocycles. The Morgan fingerprint density at radius 2 is 1.61 bits per heavy atom. The number of anilines is 1. The largest absolute Gasteiger partial charge is 0.310 e. The standard InChI is InChI=1S/C25H23N5O/c1-15-9-11-18(12-10-15)20-14-21(31)28-24-22(20)23(19-7-5-4-6-8-19)29-30(24)25-26-16(2)13-17(3)27-25/h4-13,20H,14H2,1-3H3,(H,28,31)/t20-/m1/s1. The van der Waals surface area contributed by atoms with Crippen LogP contribution in [0.4, 0.5) is 5.82 Å². The summed E-state index contributed by atoms with van der Waals surface area (Å²) in [5, 5.41) is 7.97. The third-order valence-electron chi connectivity index (χ3n) is 5.60. The van der Waals surface area contributed by atoms with Gasteiger partial charge in [0.05, 0.1) is 5.69 Å². The molecule has 6 heteroatoms. The molecule has 0 radical (unpaired) electrons. The molecule has 3 heterocycles. The number of carbonyl (C=O) groups excluding carboxylic acids is 1. The van der Waals surface area contributed by atoms with Gasteiger partial charge in [0, 0.05) is 34.9 Å². The van der Waals surface area contributed by atoms with Gasteiger partial charge in [-0.1, -0.05) is 60.2 Å². The number of nitrogens with one attached hydrogen (secondary N) is 1. The van der Waals surface area contributed by atoms with Crippen LogP contribution in [0.25, 0.3) is 17.2 Å². The number of nitrogens with zero attached hydrogens (tertiary/aromatic N) is 4. The molecular formula is C25H23N5O.